The lowest BCUT2D eigenvalue weighted by molar-refractivity contribution is 0.0690. The zero-order valence-corrected chi connectivity index (χ0v) is 10.5. The van der Waals surface area contributed by atoms with E-state index in [1.54, 1.807) is 0 Å². The molecule has 0 saturated heterocycles. The number of carbonyl (C=O) groups is 1. The summed E-state index contributed by atoms with van der Waals surface area (Å²) in [5, 5.41) is 8.87. The van der Waals surface area contributed by atoms with Gasteiger partial charge in [-0.3, -0.25) is 0 Å². The third-order valence-corrected chi connectivity index (χ3v) is 2.80. The molecule has 0 unspecified atom stereocenters. The molecule has 2 aromatic carbocycles. The Morgan fingerprint density at radius 2 is 1.89 bits per heavy atom. The summed E-state index contributed by atoms with van der Waals surface area (Å²) in [7, 11) is 0. The van der Waals surface area contributed by atoms with E-state index in [0.29, 0.717) is 0 Å². The largest absolute Gasteiger partial charge is 0.484 e. The fourth-order valence-electron chi connectivity index (χ4n) is 1.56. The van der Waals surface area contributed by atoms with Crippen LogP contribution in [0.15, 0.2) is 42.5 Å². The lowest BCUT2D eigenvalue weighted by Crippen LogP contribution is -2.04. The molecule has 2 aromatic rings. The normalized spacial score (nSPS) is 10.2. The van der Waals surface area contributed by atoms with Crippen LogP contribution in [0.4, 0.5) is 4.39 Å². The second-order valence-electron chi connectivity index (χ2n) is 3.82. The van der Waals surface area contributed by atoms with E-state index in [4.69, 9.17) is 21.4 Å². The average molecular weight is 281 g/mol. The minimum atomic E-state index is -1.36. The molecule has 0 amide bonds. The van der Waals surface area contributed by atoms with Crippen LogP contribution in [-0.2, 0) is 6.61 Å². The molecule has 19 heavy (non-hydrogen) atoms. The van der Waals surface area contributed by atoms with Crippen molar-refractivity contribution >= 4 is 17.6 Å². The zero-order chi connectivity index (χ0) is 13.8. The number of rotatable bonds is 4. The first-order chi connectivity index (χ1) is 9.09. The Kier molecular flexibility index (Phi) is 4.02. The van der Waals surface area contributed by atoms with Gasteiger partial charge in [-0.2, -0.15) is 0 Å². The highest BCUT2D eigenvalue weighted by atomic mass is 35.5. The Bertz CT molecular complexity index is 599. The predicted octanol–water partition coefficient (Wildman–Crippen LogP) is 3.76. The molecule has 0 aliphatic carbocycles. The zero-order valence-electron chi connectivity index (χ0n) is 9.77. The molecular weight excluding hydrogens is 271 g/mol. The number of hydrogen-bond donors (Lipinski definition) is 1. The third-order valence-electron chi connectivity index (χ3n) is 2.51. The molecule has 0 heterocycles. The van der Waals surface area contributed by atoms with Crippen molar-refractivity contribution in [2.45, 2.75) is 6.61 Å². The maximum Gasteiger partial charge on any atom is 0.338 e. The molecular formula is C14H10ClFO3. The van der Waals surface area contributed by atoms with E-state index in [0.717, 1.165) is 11.6 Å². The number of carboxylic acids is 1. The minimum absolute atomic E-state index is 0.0402. The van der Waals surface area contributed by atoms with Gasteiger partial charge < -0.3 is 9.84 Å². The molecule has 0 aromatic heterocycles. The second kappa shape index (κ2) is 5.71. The van der Waals surface area contributed by atoms with Gasteiger partial charge in [0.1, 0.15) is 6.61 Å². The Hall–Kier alpha value is -2.07. The minimum Gasteiger partial charge on any atom is -0.484 e. The standard InChI is InChI=1S/C14H10ClFO3/c15-11-7-6-10(14(17)18)12(16)13(11)19-8-9-4-2-1-3-5-9/h1-7H,8H2,(H,17,18). The average Bonchev–Trinajstić information content (AvgIpc) is 2.39. The van der Waals surface area contributed by atoms with Crippen LogP contribution in [0.25, 0.3) is 0 Å². The summed E-state index contributed by atoms with van der Waals surface area (Å²) in [6.45, 7) is 0.112. The van der Waals surface area contributed by atoms with Gasteiger partial charge in [0.15, 0.2) is 11.6 Å². The van der Waals surface area contributed by atoms with Crippen molar-refractivity contribution in [3.8, 4) is 5.75 Å². The van der Waals surface area contributed by atoms with Gasteiger partial charge in [0.2, 0.25) is 0 Å². The van der Waals surface area contributed by atoms with Gasteiger partial charge in [0.05, 0.1) is 10.6 Å². The molecule has 2 rings (SSSR count). The predicted molar refractivity (Wildman–Crippen MR) is 69.1 cm³/mol. The summed E-state index contributed by atoms with van der Waals surface area (Å²) >= 11 is 5.81. The van der Waals surface area contributed by atoms with Gasteiger partial charge in [-0.15, -0.1) is 0 Å². The van der Waals surface area contributed by atoms with E-state index in [2.05, 4.69) is 0 Å². The van der Waals surface area contributed by atoms with Crippen molar-refractivity contribution in [1.29, 1.82) is 0 Å². The van der Waals surface area contributed by atoms with Gasteiger partial charge >= 0.3 is 5.97 Å². The molecule has 0 atom stereocenters. The monoisotopic (exact) mass is 280 g/mol. The van der Waals surface area contributed by atoms with E-state index in [-0.39, 0.29) is 17.4 Å². The number of carboxylic acid groups (broad SMARTS) is 1. The SMILES string of the molecule is O=C(O)c1ccc(Cl)c(OCc2ccccc2)c1F. The lowest BCUT2D eigenvalue weighted by atomic mass is 10.2. The molecule has 0 bridgehead atoms. The molecule has 1 N–H and O–H groups in total. The highest BCUT2D eigenvalue weighted by Crippen LogP contribution is 2.30. The fourth-order valence-corrected chi connectivity index (χ4v) is 1.76. The molecule has 98 valence electrons. The first-order valence-electron chi connectivity index (χ1n) is 5.47. The van der Waals surface area contributed by atoms with Crippen molar-refractivity contribution in [3.63, 3.8) is 0 Å². The van der Waals surface area contributed by atoms with Gasteiger partial charge in [0, 0.05) is 0 Å². The Balaban J connectivity index is 2.25. The van der Waals surface area contributed by atoms with Crippen LogP contribution in [0.2, 0.25) is 5.02 Å². The van der Waals surface area contributed by atoms with E-state index in [1.165, 1.54) is 6.07 Å². The molecule has 0 aliphatic heterocycles. The summed E-state index contributed by atoms with van der Waals surface area (Å²) in [6, 6.07) is 11.5. The summed E-state index contributed by atoms with van der Waals surface area (Å²) in [6.07, 6.45) is 0. The number of ether oxygens (including phenoxy) is 1. The number of benzene rings is 2. The lowest BCUT2D eigenvalue weighted by Gasteiger charge is -2.10. The molecule has 3 nitrogen and oxygen atoms in total. The van der Waals surface area contributed by atoms with Gasteiger partial charge in [-0.25, -0.2) is 9.18 Å². The Morgan fingerprint density at radius 1 is 1.21 bits per heavy atom. The summed E-state index contributed by atoms with van der Waals surface area (Å²) < 4.78 is 19.2. The van der Waals surface area contributed by atoms with Crippen LogP contribution in [0.3, 0.4) is 0 Å². The van der Waals surface area contributed by atoms with Gasteiger partial charge in [-0.05, 0) is 17.7 Å². The first-order valence-corrected chi connectivity index (χ1v) is 5.85. The maximum atomic E-state index is 13.9. The van der Waals surface area contributed by atoms with Crippen LogP contribution >= 0.6 is 11.6 Å². The number of hydrogen-bond acceptors (Lipinski definition) is 2. The quantitative estimate of drug-likeness (QED) is 0.927. The summed E-state index contributed by atoms with van der Waals surface area (Å²) in [4.78, 5) is 10.8. The van der Waals surface area contributed by atoms with Crippen LogP contribution in [-0.4, -0.2) is 11.1 Å². The Morgan fingerprint density at radius 3 is 2.53 bits per heavy atom. The molecule has 0 aliphatic rings. The van der Waals surface area contributed by atoms with Crippen LogP contribution in [0.1, 0.15) is 15.9 Å². The van der Waals surface area contributed by atoms with Crippen molar-refractivity contribution in [2.24, 2.45) is 0 Å². The van der Waals surface area contributed by atoms with Crippen molar-refractivity contribution in [2.75, 3.05) is 0 Å². The third kappa shape index (κ3) is 3.03. The van der Waals surface area contributed by atoms with E-state index < -0.39 is 17.3 Å². The highest BCUT2D eigenvalue weighted by molar-refractivity contribution is 6.32. The molecule has 0 radical (unpaired) electrons. The van der Waals surface area contributed by atoms with E-state index in [1.807, 2.05) is 30.3 Å². The fraction of sp³-hybridized carbons (Fsp3) is 0.0714. The van der Waals surface area contributed by atoms with Gasteiger partial charge in [-0.1, -0.05) is 41.9 Å². The first kappa shape index (κ1) is 13.4. The molecule has 5 heteroatoms. The van der Waals surface area contributed by atoms with Crippen molar-refractivity contribution in [3.05, 3.63) is 64.4 Å². The van der Waals surface area contributed by atoms with E-state index in [9.17, 15) is 9.18 Å². The van der Waals surface area contributed by atoms with Gasteiger partial charge in [0.25, 0.3) is 0 Å². The van der Waals surface area contributed by atoms with Crippen molar-refractivity contribution in [1.82, 2.24) is 0 Å². The molecule has 0 fully saturated rings. The smallest absolute Gasteiger partial charge is 0.338 e. The van der Waals surface area contributed by atoms with Crippen molar-refractivity contribution < 1.29 is 19.0 Å². The number of aromatic carboxylic acids is 1. The van der Waals surface area contributed by atoms with Crippen LogP contribution < -0.4 is 4.74 Å². The number of halogens is 2. The summed E-state index contributed by atoms with van der Waals surface area (Å²) in [5.41, 5.74) is 0.367. The summed E-state index contributed by atoms with van der Waals surface area (Å²) in [5.74, 6) is -2.57. The molecule has 0 saturated carbocycles. The van der Waals surface area contributed by atoms with Crippen LogP contribution in [0.5, 0.6) is 5.75 Å². The maximum absolute atomic E-state index is 13.9. The molecule has 0 spiro atoms. The second-order valence-corrected chi connectivity index (χ2v) is 4.22. The Labute approximate surface area is 114 Å². The highest BCUT2D eigenvalue weighted by Gasteiger charge is 2.18. The topological polar surface area (TPSA) is 46.5 Å². The van der Waals surface area contributed by atoms with E-state index >= 15 is 0 Å². The van der Waals surface area contributed by atoms with Crippen LogP contribution in [0, 0.1) is 5.82 Å².